The predicted molar refractivity (Wildman–Crippen MR) is 101 cm³/mol. The molecule has 3 rings (SSSR count). The highest BCUT2D eigenvalue weighted by Gasteiger charge is 2.34. The van der Waals surface area contributed by atoms with Gasteiger partial charge < -0.3 is 20.3 Å². The second kappa shape index (κ2) is 9.02. The van der Waals surface area contributed by atoms with Gasteiger partial charge in [-0.2, -0.15) is 13.2 Å². The number of alkyl halides is 3. The normalized spacial score (nSPS) is 21.5. The van der Waals surface area contributed by atoms with Crippen molar-refractivity contribution in [1.82, 2.24) is 19.8 Å². The number of nitrogens with zero attached hydrogens (tertiary/aromatic N) is 5. The Morgan fingerprint density at radius 3 is 2.40 bits per heavy atom. The maximum absolute atomic E-state index is 12.8. The lowest BCUT2D eigenvalue weighted by Crippen LogP contribution is -2.51. The highest BCUT2D eigenvalue weighted by molar-refractivity contribution is 5.79. The summed E-state index contributed by atoms with van der Waals surface area (Å²) in [6.07, 6.45) is -3.36. The van der Waals surface area contributed by atoms with E-state index in [1.807, 2.05) is 0 Å². The van der Waals surface area contributed by atoms with E-state index in [1.165, 1.54) is 0 Å². The zero-order valence-electron chi connectivity index (χ0n) is 16.6. The zero-order valence-corrected chi connectivity index (χ0v) is 16.6. The number of carbonyl (C=O) groups excluding carboxylic acids is 2. The van der Waals surface area contributed by atoms with E-state index in [9.17, 15) is 22.8 Å². The smallest absolute Gasteiger partial charge is 0.419 e. The van der Waals surface area contributed by atoms with Gasteiger partial charge in [0.25, 0.3) is 0 Å². The number of anilines is 1. The molecule has 2 aliphatic rings. The first-order valence-electron chi connectivity index (χ1n) is 9.75. The second-order valence-corrected chi connectivity index (χ2v) is 7.57. The Labute approximate surface area is 172 Å². The number of rotatable bonds is 5. The number of nitrogens with two attached hydrogens (primary N) is 1. The number of hydrogen-bond donors (Lipinski definition) is 1. The number of piperazine rings is 1. The first kappa shape index (κ1) is 22.1. The fourth-order valence-electron chi connectivity index (χ4n) is 3.82. The topological polar surface area (TPSA) is 105 Å². The molecule has 12 heteroatoms. The third-order valence-electron chi connectivity index (χ3n) is 5.29. The van der Waals surface area contributed by atoms with Crippen molar-refractivity contribution in [2.24, 2.45) is 11.7 Å². The summed E-state index contributed by atoms with van der Waals surface area (Å²) in [5, 5.41) is 0. The predicted octanol–water partition coefficient (Wildman–Crippen LogP) is 0.950. The van der Waals surface area contributed by atoms with E-state index < -0.39 is 17.8 Å². The fraction of sp³-hybridized carbons (Fsp3) is 0.667. The number of halogens is 3. The molecule has 0 aliphatic carbocycles. The van der Waals surface area contributed by atoms with E-state index in [0.717, 1.165) is 25.4 Å². The Balaban J connectivity index is 1.47. The first-order valence-corrected chi connectivity index (χ1v) is 9.75. The van der Waals surface area contributed by atoms with E-state index in [0.29, 0.717) is 39.3 Å². The Morgan fingerprint density at radius 1 is 1.20 bits per heavy atom. The number of carbonyl (C=O) groups is 2. The van der Waals surface area contributed by atoms with Crippen LogP contribution in [0, 0.1) is 5.92 Å². The molecule has 30 heavy (non-hydrogen) atoms. The molecule has 0 spiro atoms. The molecule has 2 amide bonds. The number of likely N-dealkylation sites (tertiary alicyclic amines) is 1. The van der Waals surface area contributed by atoms with Gasteiger partial charge in [0.1, 0.15) is 6.10 Å². The lowest BCUT2D eigenvalue weighted by molar-refractivity contribution is -0.138. The van der Waals surface area contributed by atoms with Crippen LogP contribution in [0.25, 0.3) is 0 Å². The number of ether oxygens (including phenoxy) is 1. The van der Waals surface area contributed by atoms with Crippen LogP contribution in [0.3, 0.4) is 0 Å². The highest BCUT2D eigenvalue weighted by atomic mass is 19.4. The fourth-order valence-corrected chi connectivity index (χ4v) is 3.82. The first-order chi connectivity index (χ1) is 14.1. The summed E-state index contributed by atoms with van der Waals surface area (Å²) in [7, 11) is 0. The van der Waals surface area contributed by atoms with Crippen LogP contribution in [0.5, 0.6) is 0 Å². The molecule has 166 valence electrons. The molecule has 0 radical (unpaired) electrons. The number of aromatic nitrogens is 2. The molecule has 3 heterocycles. The molecule has 2 fully saturated rings. The van der Waals surface area contributed by atoms with Gasteiger partial charge in [0.15, 0.2) is 0 Å². The van der Waals surface area contributed by atoms with Crippen molar-refractivity contribution in [3.63, 3.8) is 0 Å². The van der Waals surface area contributed by atoms with Crippen LogP contribution in [0.2, 0.25) is 0 Å². The summed E-state index contributed by atoms with van der Waals surface area (Å²) in [6.45, 7) is 5.43. The average molecular weight is 430 g/mol. The molecule has 1 aromatic rings. The maximum Gasteiger partial charge on any atom is 0.419 e. The molecule has 2 atom stereocenters. The van der Waals surface area contributed by atoms with Crippen molar-refractivity contribution in [1.29, 1.82) is 0 Å². The zero-order chi connectivity index (χ0) is 21.9. The van der Waals surface area contributed by atoms with Gasteiger partial charge in [-0.05, 0) is 19.9 Å². The summed E-state index contributed by atoms with van der Waals surface area (Å²) >= 11 is 0. The van der Waals surface area contributed by atoms with Crippen LogP contribution in [0.4, 0.5) is 23.9 Å². The number of primary amides is 1. The Morgan fingerprint density at radius 2 is 1.83 bits per heavy atom. The largest absolute Gasteiger partial charge is 0.445 e. The Kier molecular flexibility index (Phi) is 6.64. The van der Waals surface area contributed by atoms with E-state index >= 15 is 0 Å². The summed E-state index contributed by atoms with van der Waals surface area (Å²) in [5.74, 6) is 0.166. The average Bonchev–Trinajstić information content (AvgIpc) is 3.14. The van der Waals surface area contributed by atoms with Gasteiger partial charge in [-0.1, -0.05) is 0 Å². The summed E-state index contributed by atoms with van der Waals surface area (Å²) in [4.78, 5) is 36.9. The van der Waals surface area contributed by atoms with Gasteiger partial charge in [0, 0.05) is 51.7 Å². The molecule has 9 nitrogen and oxygen atoms in total. The van der Waals surface area contributed by atoms with Crippen molar-refractivity contribution in [3.8, 4) is 0 Å². The minimum absolute atomic E-state index is 0.0639. The minimum atomic E-state index is -4.47. The van der Waals surface area contributed by atoms with Crippen molar-refractivity contribution in [2.45, 2.75) is 25.6 Å². The lowest BCUT2D eigenvalue weighted by Gasteiger charge is -2.36. The van der Waals surface area contributed by atoms with Crippen molar-refractivity contribution >= 4 is 17.9 Å². The second-order valence-electron chi connectivity index (χ2n) is 7.57. The summed E-state index contributed by atoms with van der Waals surface area (Å²) in [5.41, 5.74) is 4.13. The van der Waals surface area contributed by atoms with Crippen molar-refractivity contribution in [3.05, 3.63) is 18.0 Å². The quantitative estimate of drug-likeness (QED) is 0.742. The van der Waals surface area contributed by atoms with Gasteiger partial charge in [-0.3, -0.25) is 9.69 Å². The summed E-state index contributed by atoms with van der Waals surface area (Å²) in [6, 6.07) is 0. The molecule has 2 aliphatic heterocycles. The molecule has 0 bridgehead atoms. The molecule has 2 saturated heterocycles. The van der Waals surface area contributed by atoms with Crippen molar-refractivity contribution < 1.29 is 27.5 Å². The third kappa shape index (κ3) is 5.49. The van der Waals surface area contributed by atoms with Crippen LogP contribution in [0.1, 0.15) is 18.9 Å². The third-order valence-corrected chi connectivity index (χ3v) is 5.29. The van der Waals surface area contributed by atoms with Crippen LogP contribution < -0.4 is 10.6 Å². The van der Waals surface area contributed by atoms with E-state index in [4.69, 9.17) is 10.5 Å². The highest BCUT2D eigenvalue weighted by Crippen LogP contribution is 2.28. The SMILES string of the molecule is CC(CN1CCC(C(=O)N2CCN(c3ncc(C(F)(F)F)cn3)CC2)C1)OC(N)=O. The molecular weight excluding hydrogens is 405 g/mol. The van der Waals surface area contributed by atoms with Crippen LogP contribution >= 0.6 is 0 Å². The molecule has 1 aromatic heterocycles. The monoisotopic (exact) mass is 430 g/mol. The molecular formula is C18H25F3N6O3. The van der Waals surface area contributed by atoms with Crippen molar-refractivity contribution in [2.75, 3.05) is 50.7 Å². The lowest BCUT2D eigenvalue weighted by atomic mass is 10.1. The van der Waals surface area contributed by atoms with Gasteiger partial charge >= 0.3 is 12.3 Å². The van der Waals surface area contributed by atoms with Gasteiger partial charge in [-0.25, -0.2) is 14.8 Å². The van der Waals surface area contributed by atoms with E-state index in [-0.39, 0.29) is 23.9 Å². The van der Waals surface area contributed by atoms with Gasteiger partial charge in [-0.15, -0.1) is 0 Å². The van der Waals surface area contributed by atoms with Gasteiger partial charge in [0.05, 0.1) is 11.5 Å². The number of hydrogen-bond acceptors (Lipinski definition) is 7. The van der Waals surface area contributed by atoms with Gasteiger partial charge in [0.2, 0.25) is 11.9 Å². The molecule has 0 saturated carbocycles. The van der Waals surface area contributed by atoms with Crippen LogP contribution in [-0.2, 0) is 15.7 Å². The molecule has 2 unspecified atom stereocenters. The Bertz CT molecular complexity index is 753. The Hall–Kier alpha value is -2.63. The molecule has 0 aromatic carbocycles. The van der Waals surface area contributed by atoms with E-state index in [2.05, 4.69) is 14.9 Å². The standard InChI is InChI=1S/C18H25F3N6O3/c1-12(30-16(22)29)10-25-3-2-13(11-25)15(28)26-4-6-27(7-5-26)17-23-8-14(9-24-17)18(19,20)21/h8-9,12-13H,2-7,10-11H2,1H3,(H2,22,29). The number of amides is 2. The van der Waals surface area contributed by atoms with Crippen LogP contribution in [0.15, 0.2) is 12.4 Å². The summed E-state index contributed by atoms with van der Waals surface area (Å²) < 4.78 is 42.8. The maximum atomic E-state index is 12.8. The van der Waals surface area contributed by atoms with E-state index in [1.54, 1.807) is 16.7 Å². The van der Waals surface area contributed by atoms with Crippen LogP contribution in [-0.4, -0.2) is 83.7 Å². The molecule has 2 N–H and O–H groups in total. The minimum Gasteiger partial charge on any atom is -0.445 e.